The number of hydrogen-bond acceptors (Lipinski definition) is 5. The van der Waals surface area contributed by atoms with Gasteiger partial charge in [-0.15, -0.1) is 0 Å². The van der Waals surface area contributed by atoms with Crippen LogP contribution in [0.1, 0.15) is 12.8 Å². The normalized spacial score (nSPS) is 15.6. The Hall–Kier alpha value is -1.13. The highest BCUT2D eigenvalue weighted by atomic mass is 79.9. The van der Waals surface area contributed by atoms with Crippen molar-refractivity contribution in [2.75, 3.05) is 15.9 Å². The van der Waals surface area contributed by atoms with Gasteiger partial charge in [-0.3, -0.25) is 14.4 Å². The fraction of sp³-hybridized carbons (Fsp3) is 0.364. The second-order valence-corrected chi connectivity index (χ2v) is 9.10. The van der Waals surface area contributed by atoms with Crippen LogP contribution in [-0.4, -0.2) is 33.9 Å². The molecule has 7 nitrogen and oxygen atoms in total. The fourth-order valence-electron chi connectivity index (χ4n) is 1.77. The second-order valence-electron chi connectivity index (χ2n) is 4.39. The Balaban J connectivity index is 2.24. The van der Waals surface area contributed by atoms with Crippen LogP contribution in [0.25, 0.3) is 0 Å². The van der Waals surface area contributed by atoms with Crippen molar-refractivity contribution in [1.29, 1.82) is 0 Å². The lowest BCUT2D eigenvalue weighted by Gasteiger charge is -2.10. The monoisotopic (exact) mass is 395 g/mol. The average molecular weight is 396 g/mol. The van der Waals surface area contributed by atoms with Gasteiger partial charge in [0.1, 0.15) is 10.5 Å². The van der Waals surface area contributed by atoms with Gasteiger partial charge in [0.05, 0.1) is 4.90 Å². The Labute approximate surface area is 132 Å². The van der Waals surface area contributed by atoms with Gasteiger partial charge in [0.25, 0.3) is 10.0 Å². The molecule has 0 saturated heterocycles. The van der Waals surface area contributed by atoms with Gasteiger partial charge in [-0.2, -0.15) is 0 Å². The largest absolute Gasteiger partial charge is 0.283 e. The Morgan fingerprint density at radius 3 is 2.57 bits per heavy atom. The van der Waals surface area contributed by atoms with Gasteiger partial charge < -0.3 is 0 Å². The lowest BCUT2D eigenvalue weighted by molar-refractivity contribution is 0.592. The summed E-state index contributed by atoms with van der Waals surface area (Å²) in [5.41, 5.74) is 0.186. The second kappa shape index (κ2) is 6.32. The van der Waals surface area contributed by atoms with Crippen LogP contribution in [0.5, 0.6) is 0 Å². The molecule has 0 fully saturated rings. The lowest BCUT2D eigenvalue weighted by Crippen LogP contribution is -2.29. The summed E-state index contributed by atoms with van der Waals surface area (Å²) in [4.78, 5) is 4.03. The predicted molar refractivity (Wildman–Crippen MR) is 84.6 cm³/mol. The van der Waals surface area contributed by atoms with Gasteiger partial charge in [0.2, 0.25) is 10.0 Å². The van der Waals surface area contributed by atoms with Crippen molar-refractivity contribution in [3.8, 4) is 0 Å². The van der Waals surface area contributed by atoms with Crippen molar-refractivity contribution in [1.82, 2.24) is 4.72 Å². The Bertz CT molecular complexity index is 759. The smallest absolute Gasteiger partial charge is 0.262 e. The molecule has 116 valence electrons. The molecule has 0 spiro atoms. The molecule has 1 aromatic carbocycles. The predicted octanol–water partition coefficient (Wildman–Crippen LogP) is 1.25. The molecule has 21 heavy (non-hydrogen) atoms. The summed E-state index contributed by atoms with van der Waals surface area (Å²) >= 11 is 2.85. The molecular weight excluding hydrogens is 382 g/mol. The summed E-state index contributed by atoms with van der Waals surface area (Å²) in [6.07, 6.45) is 1.41. The molecule has 0 saturated carbocycles. The van der Waals surface area contributed by atoms with Gasteiger partial charge in [-0.1, -0.05) is 22.0 Å². The molecule has 10 heteroatoms. The highest BCUT2D eigenvalue weighted by Gasteiger charge is 2.19. The summed E-state index contributed by atoms with van der Waals surface area (Å²) in [6.45, 7) is 0.614. The van der Waals surface area contributed by atoms with Gasteiger partial charge in [0.15, 0.2) is 0 Å². The number of alkyl halides is 1. The standard InChI is InChI=1S/C11H14BrN3O4S2/c12-8-20(16,17)14-9-3-1-4-10(7-9)21(18,19)15-11-5-2-6-13-11/h1,3-4,7,14H,2,5-6,8H2,(H,13,15). The minimum Gasteiger partial charge on any atom is -0.283 e. The number of rotatable bonds is 5. The van der Waals surface area contributed by atoms with Crippen LogP contribution in [0, 0.1) is 0 Å². The van der Waals surface area contributed by atoms with E-state index < -0.39 is 20.0 Å². The van der Waals surface area contributed by atoms with Crippen molar-refractivity contribution >= 4 is 47.5 Å². The number of nitrogens with zero attached hydrogens (tertiary/aromatic N) is 1. The van der Waals surface area contributed by atoms with Crippen LogP contribution in [0.2, 0.25) is 0 Å². The molecule has 0 aromatic heterocycles. The van der Waals surface area contributed by atoms with Gasteiger partial charge in [0, 0.05) is 18.7 Å². The third-order valence-corrected chi connectivity index (χ3v) is 6.71. The molecule has 0 aliphatic carbocycles. The van der Waals surface area contributed by atoms with Crippen molar-refractivity contribution < 1.29 is 16.8 Å². The Morgan fingerprint density at radius 1 is 1.19 bits per heavy atom. The first kappa shape index (κ1) is 16.2. The first-order chi connectivity index (χ1) is 9.82. The first-order valence-corrected chi connectivity index (χ1v) is 10.3. The molecule has 0 bridgehead atoms. The van der Waals surface area contributed by atoms with Crippen molar-refractivity contribution in [3.05, 3.63) is 24.3 Å². The van der Waals surface area contributed by atoms with E-state index in [1.54, 1.807) is 0 Å². The summed E-state index contributed by atoms with van der Waals surface area (Å²) in [7, 11) is -7.29. The third kappa shape index (κ3) is 4.42. The number of amidine groups is 1. The number of hydrogen-bond donors (Lipinski definition) is 2. The summed E-state index contributed by atoms with van der Waals surface area (Å²) in [5.74, 6) is 0.432. The number of anilines is 1. The quantitative estimate of drug-likeness (QED) is 0.731. The summed E-state index contributed by atoms with van der Waals surface area (Å²) < 4.78 is 51.7. The zero-order valence-electron chi connectivity index (χ0n) is 10.9. The molecule has 0 radical (unpaired) electrons. The van der Waals surface area contributed by atoms with Crippen LogP contribution < -0.4 is 9.44 Å². The molecule has 2 rings (SSSR count). The highest BCUT2D eigenvalue weighted by Crippen LogP contribution is 2.17. The molecule has 1 aromatic rings. The van der Waals surface area contributed by atoms with E-state index in [1.165, 1.54) is 24.3 Å². The van der Waals surface area contributed by atoms with Crippen LogP contribution in [0.4, 0.5) is 5.69 Å². The van der Waals surface area contributed by atoms with Crippen molar-refractivity contribution in [2.24, 2.45) is 4.99 Å². The Morgan fingerprint density at radius 2 is 1.95 bits per heavy atom. The maximum atomic E-state index is 12.2. The Kier molecular flexibility index (Phi) is 4.89. The number of aliphatic imine (C=N–C) groups is 1. The molecule has 2 N–H and O–H groups in total. The average Bonchev–Trinajstić information content (AvgIpc) is 2.91. The van der Waals surface area contributed by atoms with E-state index in [2.05, 4.69) is 30.4 Å². The zero-order chi connectivity index (χ0) is 15.5. The number of nitrogens with one attached hydrogen (secondary N) is 2. The molecule has 0 amide bonds. The summed E-state index contributed by atoms with van der Waals surface area (Å²) in [5, 5.41) is 0. The van der Waals surface area contributed by atoms with Gasteiger partial charge >= 0.3 is 0 Å². The maximum absolute atomic E-state index is 12.2. The van der Waals surface area contributed by atoms with Gasteiger partial charge in [-0.05, 0) is 24.6 Å². The number of halogens is 1. The highest BCUT2D eigenvalue weighted by molar-refractivity contribution is 9.10. The fourth-order valence-corrected chi connectivity index (χ4v) is 3.79. The molecule has 0 atom stereocenters. The minimum atomic E-state index is -3.76. The molecule has 0 unspecified atom stereocenters. The first-order valence-electron chi connectivity index (χ1n) is 6.05. The van der Waals surface area contributed by atoms with E-state index >= 15 is 0 Å². The number of benzene rings is 1. The van der Waals surface area contributed by atoms with Gasteiger partial charge in [-0.25, -0.2) is 16.8 Å². The van der Waals surface area contributed by atoms with Crippen molar-refractivity contribution in [3.63, 3.8) is 0 Å². The minimum absolute atomic E-state index is 0.0214. The van der Waals surface area contributed by atoms with E-state index in [1.807, 2.05) is 0 Å². The molecule has 1 aliphatic rings. The van der Waals surface area contributed by atoms with E-state index in [0.717, 1.165) is 6.42 Å². The SMILES string of the molecule is O=S(=O)(CBr)Nc1cccc(S(=O)(=O)NC2=NCCC2)c1. The van der Waals surface area contributed by atoms with Crippen LogP contribution in [0.15, 0.2) is 34.2 Å². The maximum Gasteiger partial charge on any atom is 0.262 e. The molecule has 1 aliphatic heterocycles. The van der Waals surface area contributed by atoms with E-state index in [4.69, 9.17) is 0 Å². The van der Waals surface area contributed by atoms with E-state index in [9.17, 15) is 16.8 Å². The lowest BCUT2D eigenvalue weighted by atomic mass is 10.3. The van der Waals surface area contributed by atoms with Crippen molar-refractivity contribution in [2.45, 2.75) is 17.7 Å². The number of sulfonamides is 2. The zero-order valence-corrected chi connectivity index (χ0v) is 14.1. The molecule has 1 heterocycles. The van der Waals surface area contributed by atoms with E-state index in [0.29, 0.717) is 18.8 Å². The summed E-state index contributed by atoms with van der Waals surface area (Å²) in [6, 6.07) is 5.60. The van der Waals surface area contributed by atoms with Crippen LogP contribution in [-0.2, 0) is 20.0 Å². The van der Waals surface area contributed by atoms with E-state index in [-0.39, 0.29) is 15.2 Å². The molecular formula is C11H14BrN3O4S2. The van der Waals surface area contributed by atoms with Crippen LogP contribution >= 0.6 is 15.9 Å². The third-order valence-electron chi connectivity index (χ3n) is 2.69. The van der Waals surface area contributed by atoms with Crippen LogP contribution in [0.3, 0.4) is 0 Å². The topological polar surface area (TPSA) is 105 Å².